The normalized spacial score (nSPS) is 22.1. The molecule has 21 heavy (non-hydrogen) atoms. The fraction of sp³-hybridized carbons (Fsp3) is 0.769. The number of nitrogens with one attached hydrogen (secondary N) is 2. The van der Waals surface area contributed by atoms with Gasteiger partial charge in [0.2, 0.25) is 11.9 Å². The Balaban J connectivity index is 2.13. The SMILES string of the molecule is CC(C)Oc1nc(NN)nc(NC2CCCCC2CO)n1. The summed E-state index contributed by atoms with van der Waals surface area (Å²) < 4.78 is 5.49. The first kappa shape index (κ1) is 15.7. The van der Waals surface area contributed by atoms with Gasteiger partial charge in [0, 0.05) is 18.6 Å². The number of rotatable bonds is 6. The maximum absolute atomic E-state index is 9.46. The zero-order chi connectivity index (χ0) is 15.2. The van der Waals surface area contributed by atoms with Gasteiger partial charge in [0.15, 0.2) is 0 Å². The third kappa shape index (κ3) is 4.40. The minimum Gasteiger partial charge on any atom is -0.461 e. The van der Waals surface area contributed by atoms with Crippen LogP contribution in [0.15, 0.2) is 0 Å². The van der Waals surface area contributed by atoms with Crippen molar-refractivity contribution >= 4 is 11.9 Å². The number of anilines is 2. The smallest absolute Gasteiger partial charge is 0.323 e. The van der Waals surface area contributed by atoms with Crippen molar-refractivity contribution in [3.8, 4) is 6.01 Å². The van der Waals surface area contributed by atoms with Gasteiger partial charge in [-0.25, -0.2) is 5.84 Å². The van der Waals surface area contributed by atoms with Gasteiger partial charge in [-0.15, -0.1) is 0 Å². The highest BCUT2D eigenvalue weighted by atomic mass is 16.5. The molecular weight excluding hydrogens is 272 g/mol. The van der Waals surface area contributed by atoms with Gasteiger partial charge in [-0.2, -0.15) is 15.0 Å². The van der Waals surface area contributed by atoms with E-state index in [9.17, 15) is 5.11 Å². The number of aliphatic hydroxyl groups excluding tert-OH is 1. The summed E-state index contributed by atoms with van der Waals surface area (Å²) in [6, 6.07) is 0.385. The summed E-state index contributed by atoms with van der Waals surface area (Å²) in [7, 11) is 0. The summed E-state index contributed by atoms with van der Waals surface area (Å²) >= 11 is 0. The van der Waals surface area contributed by atoms with E-state index < -0.39 is 0 Å². The molecule has 118 valence electrons. The Hall–Kier alpha value is -1.67. The monoisotopic (exact) mass is 296 g/mol. The van der Waals surface area contributed by atoms with Gasteiger partial charge >= 0.3 is 6.01 Å². The van der Waals surface area contributed by atoms with Gasteiger partial charge in [-0.1, -0.05) is 12.8 Å². The summed E-state index contributed by atoms with van der Waals surface area (Å²) in [6.45, 7) is 3.96. The molecule has 8 nitrogen and oxygen atoms in total. The fourth-order valence-electron chi connectivity index (χ4n) is 2.53. The largest absolute Gasteiger partial charge is 0.461 e. The lowest BCUT2D eigenvalue weighted by atomic mass is 9.85. The maximum Gasteiger partial charge on any atom is 0.323 e. The zero-order valence-electron chi connectivity index (χ0n) is 12.5. The van der Waals surface area contributed by atoms with Crippen molar-refractivity contribution in [2.45, 2.75) is 51.7 Å². The highest BCUT2D eigenvalue weighted by Gasteiger charge is 2.25. The molecule has 2 unspecified atom stereocenters. The minimum absolute atomic E-state index is 0.0363. The molecule has 5 N–H and O–H groups in total. The van der Waals surface area contributed by atoms with Gasteiger partial charge in [-0.05, 0) is 26.7 Å². The van der Waals surface area contributed by atoms with Gasteiger partial charge in [0.05, 0.1) is 6.10 Å². The molecule has 0 bridgehead atoms. The van der Waals surface area contributed by atoms with Crippen molar-refractivity contribution in [3.05, 3.63) is 0 Å². The van der Waals surface area contributed by atoms with E-state index in [4.69, 9.17) is 10.6 Å². The number of hydrogen-bond donors (Lipinski definition) is 4. The molecule has 1 heterocycles. The summed E-state index contributed by atoms with van der Waals surface area (Å²) in [5, 5.41) is 12.7. The van der Waals surface area contributed by atoms with Gasteiger partial charge in [-0.3, -0.25) is 5.43 Å². The van der Waals surface area contributed by atoms with Crippen molar-refractivity contribution in [2.75, 3.05) is 17.3 Å². The number of nitrogens with zero attached hydrogens (tertiary/aromatic N) is 3. The Bertz CT molecular complexity index is 456. The highest BCUT2D eigenvalue weighted by Crippen LogP contribution is 2.26. The van der Waals surface area contributed by atoms with Crippen molar-refractivity contribution in [1.29, 1.82) is 0 Å². The average molecular weight is 296 g/mol. The van der Waals surface area contributed by atoms with E-state index in [0.29, 0.717) is 5.95 Å². The molecule has 0 amide bonds. The van der Waals surface area contributed by atoms with Crippen LogP contribution < -0.4 is 21.3 Å². The van der Waals surface area contributed by atoms with E-state index in [2.05, 4.69) is 25.7 Å². The Morgan fingerprint density at radius 3 is 2.62 bits per heavy atom. The van der Waals surface area contributed by atoms with Crippen LogP contribution in [0.1, 0.15) is 39.5 Å². The van der Waals surface area contributed by atoms with Crippen LogP contribution in [0.2, 0.25) is 0 Å². The van der Waals surface area contributed by atoms with E-state index >= 15 is 0 Å². The molecule has 1 fully saturated rings. The van der Waals surface area contributed by atoms with E-state index in [-0.39, 0.29) is 36.6 Å². The number of aliphatic hydroxyl groups is 1. The van der Waals surface area contributed by atoms with Gasteiger partial charge in [0.1, 0.15) is 0 Å². The van der Waals surface area contributed by atoms with E-state index in [0.717, 1.165) is 25.7 Å². The number of aromatic nitrogens is 3. The van der Waals surface area contributed by atoms with Crippen molar-refractivity contribution in [2.24, 2.45) is 11.8 Å². The first-order valence-corrected chi connectivity index (χ1v) is 7.39. The van der Waals surface area contributed by atoms with Crippen molar-refractivity contribution in [3.63, 3.8) is 0 Å². The zero-order valence-corrected chi connectivity index (χ0v) is 12.5. The van der Waals surface area contributed by atoms with Crippen LogP contribution in [0.4, 0.5) is 11.9 Å². The van der Waals surface area contributed by atoms with Crippen LogP contribution in [0.25, 0.3) is 0 Å². The van der Waals surface area contributed by atoms with Crippen molar-refractivity contribution < 1.29 is 9.84 Å². The second-order valence-electron chi connectivity index (χ2n) is 5.55. The number of hydrogen-bond acceptors (Lipinski definition) is 8. The number of ether oxygens (including phenoxy) is 1. The maximum atomic E-state index is 9.46. The van der Waals surface area contributed by atoms with E-state index in [1.807, 2.05) is 13.8 Å². The number of nitrogens with two attached hydrogens (primary N) is 1. The Labute approximate surface area is 124 Å². The molecule has 0 saturated heterocycles. The molecule has 1 aromatic heterocycles. The van der Waals surface area contributed by atoms with Crippen LogP contribution in [-0.2, 0) is 0 Å². The molecule has 0 spiro atoms. The third-order valence-corrected chi connectivity index (χ3v) is 3.54. The van der Waals surface area contributed by atoms with E-state index in [1.54, 1.807) is 0 Å². The molecule has 2 rings (SSSR count). The molecule has 2 atom stereocenters. The predicted octanol–water partition coefficient (Wildman–Crippen LogP) is 0.907. The molecule has 1 aliphatic carbocycles. The third-order valence-electron chi connectivity index (χ3n) is 3.54. The second-order valence-corrected chi connectivity index (χ2v) is 5.55. The Morgan fingerprint density at radius 1 is 1.24 bits per heavy atom. The van der Waals surface area contributed by atoms with Gasteiger partial charge < -0.3 is 15.2 Å². The molecule has 1 aromatic rings. The summed E-state index contributed by atoms with van der Waals surface area (Å²) in [4.78, 5) is 12.5. The minimum atomic E-state index is -0.0363. The molecule has 1 aliphatic rings. The molecule has 0 radical (unpaired) electrons. The summed E-state index contributed by atoms with van der Waals surface area (Å²) in [5.74, 6) is 6.27. The topological polar surface area (TPSA) is 118 Å². The lowest BCUT2D eigenvalue weighted by Crippen LogP contribution is -2.35. The van der Waals surface area contributed by atoms with Gasteiger partial charge in [0.25, 0.3) is 0 Å². The Morgan fingerprint density at radius 2 is 1.95 bits per heavy atom. The molecule has 0 aliphatic heterocycles. The Kier molecular flexibility index (Phi) is 5.51. The predicted molar refractivity (Wildman–Crippen MR) is 79.9 cm³/mol. The van der Waals surface area contributed by atoms with Crippen molar-refractivity contribution in [1.82, 2.24) is 15.0 Å². The van der Waals surface area contributed by atoms with Crippen LogP contribution in [0.5, 0.6) is 6.01 Å². The van der Waals surface area contributed by atoms with E-state index in [1.165, 1.54) is 0 Å². The van der Waals surface area contributed by atoms with Crippen LogP contribution in [0, 0.1) is 5.92 Å². The first-order chi connectivity index (χ1) is 10.1. The average Bonchev–Trinajstić information content (AvgIpc) is 2.46. The standard InChI is InChI=1S/C13H24N6O2/c1-8(2)21-13-17-11(16-12(18-13)19-14)15-10-6-4-3-5-9(10)7-20/h8-10,20H,3-7,14H2,1-2H3,(H2,15,16,17,18,19). The summed E-state index contributed by atoms with van der Waals surface area (Å²) in [6.07, 6.45) is 4.25. The van der Waals surface area contributed by atoms with Crippen LogP contribution in [0.3, 0.4) is 0 Å². The summed E-state index contributed by atoms with van der Waals surface area (Å²) in [5.41, 5.74) is 2.41. The first-order valence-electron chi connectivity index (χ1n) is 7.39. The van der Waals surface area contributed by atoms with Crippen LogP contribution >= 0.6 is 0 Å². The molecule has 1 saturated carbocycles. The second kappa shape index (κ2) is 7.37. The highest BCUT2D eigenvalue weighted by molar-refractivity contribution is 5.36. The number of hydrazine groups is 1. The fourth-order valence-corrected chi connectivity index (χ4v) is 2.53. The lowest BCUT2D eigenvalue weighted by Gasteiger charge is -2.30. The van der Waals surface area contributed by atoms with Crippen LogP contribution in [-0.4, -0.2) is 38.8 Å². The lowest BCUT2D eigenvalue weighted by molar-refractivity contribution is 0.177. The quantitative estimate of drug-likeness (QED) is 0.452. The molecule has 0 aromatic carbocycles. The number of nitrogen functional groups attached to an aromatic ring is 1. The molecule has 8 heteroatoms. The molecular formula is C13H24N6O2.